The first kappa shape index (κ1) is 25.7. The molecule has 1 fully saturated rings. The van der Waals surface area contributed by atoms with Crippen molar-refractivity contribution in [3.05, 3.63) is 85.1 Å². The fourth-order valence-electron chi connectivity index (χ4n) is 5.38. The van der Waals surface area contributed by atoms with Gasteiger partial charge in [-0.15, -0.1) is 0 Å². The van der Waals surface area contributed by atoms with Gasteiger partial charge in [-0.3, -0.25) is 14.2 Å². The third-order valence-corrected chi connectivity index (χ3v) is 8.66. The topological polar surface area (TPSA) is 94.9 Å². The molecule has 1 aliphatic heterocycles. The van der Waals surface area contributed by atoms with Crippen LogP contribution in [0.2, 0.25) is 5.02 Å². The Morgan fingerprint density at radius 2 is 1.90 bits per heavy atom. The zero-order valence-electron chi connectivity index (χ0n) is 21.7. The predicted octanol–water partition coefficient (Wildman–Crippen LogP) is 5.46. The molecular weight excluding hydrogens is 537 g/mol. The molecule has 7 nitrogen and oxygen atoms in total. The first-order valence-corrected chi connectivity index (χ1v) is 14.0. The first-order valence-electron chi connectivity index (χ1n) is 12.8. The van der Waals surface area contributed by atoms with Crippen molar-refractivity contribution >= 4 is 49.3 Å². The van der Waals surface area contributed by atoms with Gasteiger partial charge < -0.3 is 15.6 Å². The van der Waals surface area contributed by atoms with Gasteiger partial charge in [-0.25, -0.2) is 9.37 Å². The summed E-state index contributed by atoms with van der Waals surface area (Å²) in [5.41, 5.74) is 9.92. The highest BCUT2D eigenvalue weighted by Crippen LogP contribution is 2.39. The van der Waals surface area contributed by atoms with E-state index in [0.29, 0.717) is 49.6 Å². The molecule has 0 radical (unpaired) electrons. The van der Waals surface area contributed by atoms with Gasteiger partial charge in [0.2, 0.25) is 0 Å². The van der Waals surface area contributed by atoms with E-state index >= 15 is 0 Å². The molecule has 6 rings (SSSR count). The van der Waals surface area contributed by atoms with Gasteiger partial charge in [-0.05, 0) is 48.2 Å². The second kappa shape index (κ2) is 9.59. The fourth-order valence-corrected chi connectivity index (χ4v) is 6.41. The number of nitrogens with one attached hydrogen (secondary N) is 1. The molecule has 3 N–H and O–H groups in total. The number of aromatic nitrogens is 3. The lowest BCUT2D eigenvalue weighted by Gasteiger charge is -2.29. The molecule has 39 heavy (non-hydrogen) atoms. The number of halogens is 2. The van der Waals surface area contributed by atoms with E-state index < -0.39 is 16.9 Å². The maximum absolute atomic E-state index is 14.6. The van der Waals surface area contributed by atoms with Crippen molar-refractivity contribution < 1.29 is 4.39 Å². The molecule has 200 valence electrons. The van der Waals surface area contributed by atoms with Gasteiger partial charge in [0.15, 0.2) is 5.13 Å². The van der Waals surface area contributed by atoms with Crippen LogP contribution in [-0.4, -0.2) is 27.2 Å². The molecule has 0 spiro atoms. The molecule has 5 aromatic rings. The minimum atomic E-state index is -0.624. The monoisotopic (exact) mass is 563 g/mol. The van der Waals surface area contributed by atoms with E-state index in [1.807, 2.05) is 31.2 Å². The number of fused-ring (bicyclic) bond motifs is 2. The average molecular weight is 564 g/mol. The van der Waals surface area contributed by atoms with Crippen molar-refractivity contribution in [2.24, 2.45) is 5.92 Å². The third-order valence-electron chi connectivity index (χ3n) is 7.45. The van der Waals surface area contributed by atoms with Crippen LogP contribution in [-0.2, 0) is 6.54 Å². The van der Waals surface area contributed by atoms with Crippen molar-refractivity contribution in [1.82, 2.24) is 19.4 Å². The summed E-state index contributed by atoms with van der Waals surface area (Å²) < 4.78 is 18.0. The van der Waals surface area contributed by atoms with Crippen LogP contribution in [0.25, 0.3) is 38.1 Å². The van der Waals surface area contributed by atoms with Crippen LogP contribution in [0.3, 0.4) is 0 Å². The average Bonchev–Trinajstić information content (AvgIpc) is 3.27. The molecule has 1 aliphatic rings. The summed E-state index contributed by atoms with van der Waals surface area (Å²) in [6.45, 7) is 8.00. The van der Waals surface area contributed by atoms with E-state index in [1.165, 1.54) is 10.6 Å². The number of nitrogen functional groups attached to an aromatic ring is 1. The number of rotatable bonds is 5. The SMILES string of the molecule is Cc1cccc(C(C)C)c1-n1c(=O)c(=O)n(CC2CNC2)c2cc(Cl)c(-c3ccc(F)c4sc(N)nc34)cc21. The van der Waals surface area contributed by atoms with Gasteiger partial charge in [0.05, 0.1) is 32.0 Å². The molecule has 0 unspecified atom stereocenters. The smallest absolute Gasteiger partial charge is 0.321 e. The molecule has 3 heterocycles. The Morgan fingerprint density at radius 1 is 1.13 bits per heavy atom. The molecule has 0 atom stereocenters. The van der Waals surface area contributed by atoms with Gasteiger partial charge in [0, 0.05) is 36.7 Å². The second-order valence-corrected chi connectivity index (χ2v) is 11.8. The van der Waals surface area contributed by atoms with Crippen molar-refractivity contribution in [2.75, 3.05) is 18.8 Å². The molecule has 3 aromatic carbocycles. The maximum Gasteiger partial charge on any atom is 0.321 e. The van der Waals surface area contributed by atoms with Gasteiger partial charge >= 0.3 is 11.1 Å². The van der Waals surface area contributed by atoms with Crippen LogP contribution in [0, 0.1) is 18.7 Å². The number of aryl methyl sites for hydroxylation is 1. The van der Waals surface area contributed by atoms with E-state index in [2.05, 4.69) is 24.1 Å². The van der Waals surface area contributed by atoms with Gasteiger partial charge in [0.1, 0.15) is 5.82 Å². The fraction of sp³-hybridized carbons (Fsp3) is 0.276. The summed E-state index contributed by atoms with van der Waals surface area (Å²) >= 11 is 7.95. The number of nitrogens with two attached hydrogens (primary N) is 1. The van der Waals surface area contributed by atoms with Crippen LogP contribution >= 0.6 is 22.9 Å². The Morgan fingerprint density at radius 3 is 2.59 bits per heavy atom. The van der Waals surface area contributed by atoms with Crippen LogP contribution in [0.5, 0.6) is 0 Å². The molecule has 10 heteroatoms. The van der Waals surface area contributed by atoms with Crippen molar-refractivity contribution in [2.45, 2.75) is 33.2 Å². The zero-order chi connectivity index (χ0) is 27.6. The Kier molecular flexibility index (Phi) is 6.32. The summed E-state index contributed by atoms with van der Waals surface area (Å²) in [4.78, 5) is 31.9. The van der Waals surface area contributed by atoms with Crippen molar-refractivity contribution in [3.63, 3.8) is 0 Å². The predicted molar refractivity (Wildman–Crippen MR) is 157 cm³/mol. The Balaban J connectivity index is 1.74. The minimum Gasteiger partial charge on any atom is -0.375 e. The largest absolute Gasteiger partial charge is 0.375 e. The molecule has 2 aromatic heterocycles. The van der Waals surface area contributed by atoms with Crippen molar-refractivity contribution in [3.8, 4) is 16.8 Å². The summed E-state index contributed by atoms with van der Waals surface area (Å²) in [6.07, 6.45) is 0. The summed E-state index contributed by atoms with van der Waals surface area (Å²) in [6, 6.07) is 12.4. The number of hydrogen-bond donors (Lipinski definition) is 2. The number of nitrogens with zero attached hydrogens (tertiary/aromatic N) is 3. The van der Waals surface area contributed by atoms with Gasteiger partial charge in [-0.1, -0.05) is 55.0 Å². The molecule has 1 saturated heterocycles. The molecule has 0 aliphatic carbocycles. The standard InChI is InChI=1S/C29H27ClFN5O2S/c1-14(2)17-6-4-5-15(3)25(17)36-23-9-19(18-7-8-21(31)26-24(18)34-29(32)39-26)20(30)10-22(23)35(27(37)28(36)38)13-16-11-33-12-16/h4-10,14,16,33H,11-13H2,1-3H3,(H2,32,34). The number of para-hydroxylation sites is 1. The van der Waals surface area contributed by atoms with E-state index in [1.54, 1.807) is 16.7 Å². The minimum absolute atomic E-state index is 0.104. The summed E-state index contributed by atoms with van der Waals surface area (Å²) in [5, 5.41) is 3.83. The number of benzene rings is 3. The molecular formula is C29H27ClFN5O2S. The van der Waals surface area contributed by atoms with Crippen LogP contribution in [0.4, 0.5) is 9.52 Å². The highest BCUT2D eigenvalue weighted by Gasteiger charge is 2.25. The van der Waals surface area contributed by atoms with Gasteiger partial charge in [0.25, 0.3) is 0 Å². The molecule has 0 bridgehead atoms. The molecule has 0 saturated carbocycles. The molecule has 0 amide bonds. The van der Waals surface area contributed by atoms with Crippen LogP contribution < -0.4 is 22.2 Å². The zero-order valence-corrected chi connectivity index (χ0v) is 23.3. The summed E-state index contributed by atoms with van der Waals surface area (Å²) in [7, 11) is 0. The van der Waals surface area contributed by atoms with Crippen molar-refractivity contribution in [1.29, 1.82) is 0 Å². The van der Waals surface area contributed by atoms with Gasteiger partial charge in [-0.2, -0.15) is 0 Å². The summed E-state index contributed by atoms with van der Waals surface area (Å²) in [5.74, 6) is -0.0768. The quantitative estimate of drug-likeness (QED) is 0.277. The number of hydrogen-bond acceptors (Lipinski definition) is 6. The highest BCUT2D eigenvalue weighted by molar-refractivity contribution is 7.22. The lowest BCUT2D eigenvalue weighted by molar-refractivity contribution is 0.306. The van der Waals surface area contributed by atoms with E-state index in [-0.39, 0.29) is 17.0 Å². The lowest BCUT2D eigenvalue weighted by Crippen LogP contribution is -2.48. The van der Waals surface area contributed by atoms with E-state index in [4.69, 9.17) is 17.3 Å². The lowest BCUT2D eigenvalue weighted by atomic mass is 9.97. The Bertz CT molecular complexity index is 1900. The maximum atomic E-state index is 14.6. The van der Waals surface area contributed by atoms with Crippen LogP contribution in [0.15, 0.2) is 52.1 Å². The Hall–Kier alpha value is -3.53. The number of thiazole rings is 1. The first-order chi connectivity index (χ1) is 18.7. The Labute approximate surface area is 232 Å². The van der Waals surface area contributed by atoms with E-state index in [9.17, 15) is 14.0 Å². The highest BCUT2D eigenvalue weighted by atomic mass is 35.5. The number of anilines is 1. The second-order valence-electron chi connectivity index (χ2n) is 10.4. The third kappa shape index (κ3) is 4.16. The van der Waals surface area contributed by atoms with E-state index in [0.717, 1.165) is 35.6 Å². The normalized spacial score (nSPS) is 14.0. The van der Waals surface area contributed by atoms with Crippen LogP contribution in [0.1, 0.15) is 30.9 Å².